The van der Waals surface area contributed by atoms with Gasteiger partial charge in [0, 0.05) is 23.1 Å². The Bertz CT molecular complexity index is 555. The highest BCUT2D eigenvalue weighted by Crippen LogP contribution is 2.36. The highest BCUT2D eigenvalue weighted by Gasteiger charge is 2.23. The summed E-state index contributed by atoms with van der Waals surface area (Å²) in [5, 5.41) is 1.21. The maximum atomic E-state index is 6.51. The number of hydrogen-bond donors (Lipinski definition) is 2. The van der Waals surface area contributed by atoms with Gasteiger partial charge in [-0.1, -0.05) is 19.3 Å². The van der Waals surface area contributed by atoms with Gasteiger partial charge in [-0.15, -0.1) is 0 Å². The molecular weight excluding hydrogens is 236 g/mol. The lowest BCUT2D eigenvalue weighted by molar-refractivity contribution is 0.309. The molecule has 2 aromatic rings. The fraction of sp³-hybridized carbons (Fsp3) is 0.500. The number of hydrogen-bond acceptors (Lipinski definition) is 2. The van der Waals surface area contributed by atoms with Gasteiger partial charge in [-0.3, -0.25) is 0 Å². The number of nitrogens with one attached hydrogen (secondary N) is 1. The molecule has 0 amide bonds. The van der Waals surface area contributed by atoms with E-state index in [4.69, 9.17) is 10.5 Å². The summed E-state index contributed by atoms with van der Waals surface area (Å²) in [7, 11) is 1.70. The highest BCUT2D eigenvalue weighted by molar-refractivity contribution is 5.85. The van der Waals surface area contributed by atoms with Crippen molar-refractivity contribution < 1.29 is 4.74 Å². The van der Waals surface area contributed by atoms with E-state index in [0.717, 1.165) is 11.3 Å². The zero-order valence-electron chi connectivity index (χ0n) is 11.5. The first-order valence-electron chi connectivity index (χ1n) is 7.20. The molecule has 3 N–H and O–H groups in total. The number of benzene rings is 1. The Morgan fingerprint density at radius 3 is 2.79 bits per heavy atom. The van der Waals surface area contributed by atoms with Crippen molar-refractivity contribution in [3.05, 3.63) is 30.0 Å². The van der Waals surface area contributed by atoms with E-state index in [1.807, 2.05) is 6.07 Å². The van der Waals surface area contributed by atoms with Crippen molar-refractivity contribution in [1.29, 1.82) is 0 Å². The quantitative estimate of drug-likeness (QED) is 0.880. The van der Waals surface area contributed by atoms with Crippen molar-refractivity contribution in [1.82, 2.24) is 4.98 Å². The number of H-pyrrole nitrogens is 1. The van der Waals surface area contributed by atoms with Crippen LogP contribution < -0.4 is 10.5 Å². The molecule has 3 heteroatoms. The van der Waals surface area contributed by atoms with E-state index in [0.29, 0.717) is 5.92 Å². The van der Waals surface area contributed by atoms with Crippen LogP contribution in [0.4, 0.5) is 0 Å². The Hall–Kier alpha value is -1.48. The highest BCUT2D eigenvalue weighted by atomic mass is 16.5. The maximum Gasteiger partial charge on any atom is 0.119 e. The fourth-order valence-corrected chi connectivity index (χ4v) is 3.27. The molecule has 1 aromatic carbocycles. The SMILES string of the molecule is COc1ccc2[nH]cc([C@H](N)C3CCCCC3)c2c1. The van der Waals surface area contributed by atoms with Gasteiger partial charge in [0.1, 0.15) is 5.75 Å². The van der Waals surface area contributed by atoms with Gasteiger partial charge in [0.05, 0.1) is 7.11 Å². The maximum absolute atomic E-state index is 6.51. The van der Waals surface area contributed by atoms with Crippen LogP contribution in [0.15, 0.2) is 24.4 Å². The van der Waals surface area contributed by atoms with Gasteiger partial charge in [0.15, 0.2) is 0 Å². The molecule has 0 aliphatic heterocycles. The van der Waals surface area contributed by atoms with Gasteiger partial charge < -0.3 is 15.5 Å². The first-order valence-corrected chi connectivity index (χ1v) is 7.20. The molecule has 1 saturated carbocycles. The molecule has 0 spiro atoms. The summed E-state index contributed by atoms with van der Waals surface area (Å²) in [6.45, 7) is 0. The van der Waals surface area contributed by atoms with Crippen molar-refractivity contribution in [2.24, 2.45) is 11.7 Å². The van der Waals surface area contributed by atoms with E-state index in [1.165, 1.54) is 43.1 Å². The first kappa shape index (κ1) is 12.5. The third-order valence-corrected chi connectivity index (χ3v) is 4.44. The number of rotatable bonds is 3. The lowest BCUT2D eigenvalue weighted by atomic mass is 9.81. The lowest BCUT2D eigenvalue weighted by Gasteiger charge is -2.27. The second-order valence-electron chi connectivity index (χ2n) is 5.58. The van der Waals surface area contributed by atoms with Crippen LogP contribution in [-0.2, 0) is 0 Å². The summed E-state index contributed by atoms with van der Waals surface area (Å²) in [6, 6.07) is 6.27. The molecule has 1 aliphatic carbocycles. The normalized spacial score (nSPS) is 18.6. The van der Waals surface area contributed by atoms with Crippen LogP contribution in [0, 0.1) is 5.92 Å². The van der Waals surface area contributed by atoms with Gasteiger partial charge in [-0.05, 0) is 42.5 Å². The Balaban J connectivity index is 1.94. The predicted octanol–water partition coefficient (Wildman–Crippen LogP) is 3.76. The molecule has 3 rings (SSSR count). The molecule has 19 heavy (non-hydrogen) atoms. The molecule has 1 fully saturated rings. The van der Waals surface area contributed by atoms with E-state index in [9.17, 15) is 0 Å². The summed E-state index contributed by atoms with van der Waals surface area (Å²) in [4.78, 5) is 3.32. The summed E-state index contributed by atoms with van der Waals surface area (Å²) >= 11 is 0. The summed E-state index contributed by atoms with van der Waals surface area (Å²) in [5.74, 6) is 1.52. The number of ether oxygens (including phenoxy) is 1. The van der Waals surface area contributed by atoms with Gasteiger partial charge in [-0.25, -0.2) is 0 Å². The molecular formula is C16H22N2O. The molecule has 1 atom stereocenters. The lowest BCUT2D eigenvalue weighted by Crippen LogP contribution is -2.23. The molecule has 0 bridgehead atoms. The van der Waals surface area contributed by atoms with Crippen molar-refractivity contribution in [3.8, 4) is 5.75 Å². The number of methoxy groups -OCH3 is 1. The van der Waals surface area contributed by atoms with Crippen LogP contribution in [0.2, 0.25) is 0 Å². The van der Waals surface area contributed by atoms with Gasteiger partial charge in [0.25, 0.3) is 0 Å². The zero-order valence-corrected chi connectivity index (χ0v) is 11.5. The number of nitrogens with two attached hydrogens (primary N) is 1. The second-order valence-corrected chi connectivity index (χ2v) is 5.58. The standard InChI is InChI=1S/C16H22N2O/c1-19-12-7-8-15-13(9-12)14(10-18-15)16(17)11-5-3-2-4-6-11/h7-11,16,18H,2-6,17H2,1H3/t16-/m1/s1. The molecule has 102 valence electrons. The molecule has 1 heterocycles. The van der Waals surface area contributed by atoms with E-state index < -0.39 is 0 Å². The second kappa shape index (κ2) is 5.25. The summed E-state index contributed by atoms with van der Waals surface area (Å²) in [5.41, 5.74) is 8.89. The third kappa shape index (κ3) is 2.35. The third-order valence-electron chi connectivity index (χ3n) is 4.44. The van der Waals surface area contributed by atoms with E-state index in [2.05, 4.69) is 23.3 Å². The number of fused-ring (bicyclic) bond motifs is 1. The van der Waals surface area contributed by atoms with E-state index in [1.54, 1.807) is 7.11 Å². The van der Waals surface area contributed by atoms with Crippen LogP contribution in [0.25, 0.3) is 10.9 Å². The Labute approximate surface area is 114 Å². The van der Waals surface area contributed by atoms with Crippen LogP contribution in [0.3, 0.4) is 0 Å². The zero-order chi connectivity index (χ0) is 13.2. The van der Waals surface area contributed by atoms with E-state index >= 15 is 0 Å². The van der Waals surface area contributed by atoms with Crippen LogP contribution in [0.1, 0.15) is 43.7 Å². The van der Waals surface area contributed by atoms with Crippen molar-refractivity contribution in [2.75, 3.05) is 7.11 Å². The smallest absolute Gasteiger partial charge is 0.119 e. The molecule has 3 nitrogen and oxygen atoms in total. The van der Waals surface area contributed by atoms with Crippen LogP contribution in [0.5, 0.6) is 5.75 Å². The van der Waals surface area contributed by atoms with Crippen LogP contribution >= 0.6 is 0 Å². The summed E-state index contributed by atoms with van der Waals surface area (Å²) in [6.07, 6.45) is 8.61. The van der Waals surface area contributed by atoms with Crippen molar-refractivity contribution >= 4 is 10.9 Å². The van der Waals surface area contributed by atoms with Gasteiger partial charge in [0.2, 0.25) is 0 Å². The Kier molecular flexibility index (Phi) is 3.47. The minimum Gasteiger partial charge on any atom is -0.497 e. The number of aromatic nitrogens is 1. The van der Waals surface area contributed by atoms with Crippen LogP contribution in [-0.4, -0.2) is 12.1 Å². The minimum atomic E-state index is 0.140. The number of aromatic amines is 1. The monoisotopic (exact) mass is 258 g/mol. The van der Waals surface area contributed by atoms with Crippen molar-refractivity contribution in [3.63, 3.8) is 0 Å². The first-order chi connectivity index (χ1) is 9.29. The topological polar surface area (TPSA) is 51.0 Å². The van der Waals surface area contributed by atoms with Gasteiger partial charge >= 0.3 is 0 Å². The van der Waals surface area contributed by atoms with E-state index in [-0.39, 0.29) is 6.04 Å². The molecule has 1 aromatic heterocycles. The average molecular weight is 258 g/mol. The molecule has 0 radical (unpaired) electrons. The van der Waals surface area contributed by atoms with Gasteiger partial charge in [-0.2, -0.15) is 0 Å². The predicted molar refractivity (Wildman–Crippen MR) is 78.4 cm³/mol. The summed E-state index contributed by atoms with van der Waals surface area (Å²) < 4.78 is 5.32. The Morgan fingerprint density at radius 1 is 1.26 bits per heavy atom. The Morgan fingerprint density at radius 2 is 2.05 bits per heavy atom. The minimum absolute atomic E-state index is 0.140. The van der Waals surface area contributed by atoms with Crippen molar-refractivity contribution in [2.45, 2.75) is 38.1 Å². The largest absolute Gasteiger partial charge is 0.497 e. The molecule has 1 aliphatic rings. The average Bonchev–Trinajstić information content (AvgIpc) is 2.90. The molecule has 0 unspecified atom stereocenters. The fourth-order valence-electron chi connectivity index (χ4n) is 3.27. The molecule has 0 saturated heterocycles.